The largest absolute Gasteiger partial charge is 0.480 e. The molecule has 0 radical (unpaired) electrons. The van der Waals surface area contributed by atoms with E-state index < -0.39 is 0 Å². The zero-order valence-electron chi connectivity index (χ0n) is 8.62. The number of ether oxygens (including phenoxy) is 1. The van der Waals surface area contributed by atoms with Gasteiger partial charge in [0, 0.05) is 18.6 Å². The lowest BCUT2D eigenvalue weighted by Gasteiger charge is -2.04. The predicted octanol–water partition coefficient (Wildman–Crippen LogP) is 1.11. The average Bonchev–Trinajstić information content (AvgIpc) is 2.39. The second-order valence-electron chi connectivity index (χ2n) is 2.98. The van der Waals surface area contributed by atoms with E-state index >= 15 is 0 Å². The second kappa shape index (κ2) is 4.48. The molecule has 2 heterocycles. The van der Waals surface area contributed by atoms with Gasteiger partial charge in [-0.3, -0.25) is 9.78 Å². The Morgan fingerprint density at radius 2 is 2.12 bits per heavy atom. The van der Waals surface area contributed by atoms with E-state index in [9.17, 15) is 4.79 Å². The van der Waals surface area contributed by atoms with Crippen molar-refractivity contribution in [2.24, 2.45) is 0 Å². The van der Waals surface area contributed by atoms with Gasteiger partial charge in [0.25, 0.3) is 0 Å². The number of hydrogen-bond donors (Lipinski definition) is 0. The fraction of sp³-hybridized carbons (Fsp3) is 0.0909. The van der Waals surface area contributed by atoms with E-state index in [2.05, 4.69) is 15.0 Å². The second-order valence-corrected chi connectivity index (χ2v) is 2.98. The lowest BCUT2D eigenvalue weighted by molar-refractivity contribution is 0.103. The van der Waals surface area contributed by atoms with Crippen LogP contribution in [0, 0.1) is 0 Å². The minimum Gasteiger partial charge on any atom is -0.480 e. The summed E-state index contributed by atoms with van der Waals surface area (Å²) in [4.78, 5) is 23.7. The van der Waals surface area contributed by atoms with Gasteiger partial charge in [-0.15, -0.1) is 0 Å². The van der Waals surface area contributed by atoms with Crippen LogP contribution in [-0.2, 0) is 0 Å². The lowest BCUT2D eigenvalue weighted by atomic mass is 10.1. The van der Waals surface area contributed by atoms with Crippen molar-refractivity contribution < 1.29 is 9.53 Å². The van der Waals surface area contributed by atoms with Gasteiger partial charge >= 0.3 is 0 Å². The summed E-state index contributed by atoms with van der Waals surface area (Å²) >= 11 is 0. The Labute approximate surface area is 92.2 Å². The van der Waals surface area contributed by atoms with Crippen molar-refractivity contribution in [1.29, 1.82) is 0 Å². The number of nitrogens with zero attached hydrogens (tertiary/aromatic N) is 3. The van der Waals surface area contributed by atoms with Crippen LogP contribution in [0.3, 0.4) is 0 Å². The first-order valence-corrected chi connectivity index (χ1v) is 4.62. The average molecular weight is 215 g/mol. The van der Waals surface area contributed by atoms with Gasteiger partial charge in [-0.05, 0) is 12.1 Å². The summed E-state index contributed by atoms with van der Waals surface area (Å²) < 4.78 is 5.01. The summed E-state index contributed by atoms with van der Waals surface area (Å²) in [5.74, 6) is 0.0382. The monoisotopic (exact) mass is 215 g/mol. The molecule has 0 fully saturated rings. The maximum atomic E-state index is 12.0. The number of carbonyl (C=O) groups excluding carboxylic acids is 1. The fourth-order valence-electron chi connectivity index (χ4n) is 1.28. The maximum Gasteiger partial charge on any atom is 0.224 e. The molecule has 0 aliphatic carbocycles. The van der Waals surface area contributed by atoms with E-state index in [0.717, 1.165) is 0 Å². The quantitative estimate of drug-likeness (QED) is 0.717. The van der Waals surface area contributed by atoms with Gasteiger partial charge in [0.15, 0.2) is 0 Å². The van der Waals surface area contributed by atoms with Gasteiger partial charge in [0.1, 0.15) is 5.69 Å². The summed E-state index contributed by atoms with van der Waals surface area (Å²) in [7, 11) is 1.47. The Hall–Kier alpha value is -2.30. The molecule has 16 heavy (non-hydrogen) atoms. The van der Waals surface area contributed by atoms with Crippen LogP contribution < -0.4 is 4.74 Å². The Kier molecular flexibility index (Phi) is 2.86. The molecule has 0 aliphatic heterocycles. The van der Waals surface area contributed by atoms with Crippen molar-refractivity contribution in [2.45, 2.75) is 0 Å². The molecule has 0 unspecified atom stereocenters. The summed E-state index contributed by atoms with van der Waals surface area (Å²) in [6.07, 6.45) is 5.95. The van der Waals surface area contributed by atoms with Crippen LogP contribution in [0.4, 0.5) is 0 Å². The SMILES string of the molecule is COc1ncccc1C(=O)c1cnccn1. The minimum absolute atomic E-state index is 0.252. The van der Waals surface area contributed by atoms with Crippen molar-refractivity contribution in [1.82, 2.24) is 15.0 Å². The van der Waals surface area contributed by atoms with E-state index in [4.69, 9.17) is 4.74 Å². The summed E-state index contributed by atoms with van der Waals surface area (Å²) in [6.45, 7) is 0. The van der Waals surface area contributed by atoms with Crippen LogP contribution >= 0.6 is 0 Å². The summed E-state index contributed by atoms with van der Waals surface area (Å²) in [5.41, 5.74) is 0.652. The molecule has 80 valence electrons. The van der Waals surface area contributed by atoms with E-state index in [1.165, 1.54) is 25.7 Å². The van der Waals surface area contributed by atoms with E-state index in [1.807, 2.05) is 0 Å². The van der Waals surface area contributed by atoms with Crippen LogP contribution in [0.1, 0.15) is 16.1 Å². The molecule has 0 atom stereocenters. The molecule has 0 bridgehead atoms. The standard InChI is InChI=1S/C11H9N3O2/c1-16-11-8(3-2-4-14-11)10(15)9-7-12-5-6-13-9/h2-7H,1H3. The lowest BCUT2D eigenvalue weighted by Crippen LogP contribution is -2.07. The Morgan fingerprint density at radius 1 is 1.25 bits per heavy atom. The Balaban J connectivity index is 2.42. The van der Waals surface area contributed by atoms with Crippen LogP contribution in [0.15, 0.2) is 36.9 Å². The van der Waals surface area contributed by atoms with Crippen molar-refractivity contribution in [3.05, 3.63) is 48.2 Å². The zero-order valence-corrected chi connectivity index (χ0v) is 8.62. The van der Waals surface area contributed by atoms with Gasteiger partial charge < -0.3 is 4.74 Å². The van der Waals surface area contributed by atoms with E-state index in [-0.39, 0.29) is 17.4 Å². The smallest absolute Gasteiger partial charge is 0.224 e. The van der Waals surface area contributed by atoms with Crippen LogP contribution in [0.5, 0.6) is 5.88 Å². The molecule has 5 heteroatoms. The van der Waals surface area contributed by atoms with Gasteiger partial charge in [-0.1, -0.05) is 0 Å². The first kappa shape index (κ1) is 10.2. The molecule has 0 N–H and O–H groups in total. The van der Waals surface area contributed by atoms with Gasteiger partial charge in [-0.25, -0.2) is 9.97 Å². The number of rotatable bonds is 3. The van der Waals surface area contributed by atoms with Gasteiger partial charge in [0.2, 0.25) is 11.7 Å². The van der Waals surface area contributed by atoms with Crippen molar-refractivity contribution in [3.63, 3.8) is 0 Å². The number of ketones is 1. The molecular weight excluding hydrogens is 206 g/mol. The highest BCUT2D eigenvalue weighted by atomic mass is 16.5. The van der Waals surface area contributed by atoms with Crippen LogP contribution in [0.25, 0.3) is 0 Å². The molecule has 0 spiro atoms. The van der Waals surface area contributed by atoms with Gasteiger partial charge in [-0.2, -0.15) is 0 Å². The third-order valence-corrected chi connectivity index (χ3v) is 2.00. The highest BCUT2D eigenvalue weighted by Crippen LogP contribution is 2.16. The number of pyridine rings is 1. The highest BCUT2D eigenvalue weighted by Gasteiger charge is 2.15. The first-order chi connectivity index (χ1) is 7.83. The van der Waals surface area contributed by atoms with Crippen LogP contribution in [0.2, 0.25) is 0 Å². The topological polar surface area (TPSA) is 65.0 Å². The number of methoxy groups -OCH3 is 1. The van der Waals surface area contributed by atoms with Gasteiger partial charge in [0.05, 0.1) is 18.9 Å². The van der Waals surface area contributed by atoms with Crippen LogP contribution in [-0.4, -0.2) is 27.8 Å². The molecular formula is C11H9N3O2. The highest BCUT2D eigenvalue weighted by molar-refractivity contribution is 6.08. The maximum absolute atomic E-state index is 12.0. The zero-order chi connectivity index (χ0) is 11.4. The molecule has 0 saturated heterocycles. The predicted molar refractivity (Wildman–Crippen MR) is 56.3 cm³/mol. The summed E-state index contributed by atoms with van der Waals surface area (Å²) in [5, 5.41) is 0. The molecule has 2 rings (SSSR count). The molecule has 0 amide bonds. The summed E-state index contributed by atoms with van der Waals surface area (Å²) in [6, 6.07) is 3.31. The molecule has 2 aromatic heterocycles. The third kappa shape index (κ3) is 1.88. The number of aromatic nitrogens is 3. The van der Waals surface area contributed by atoms with Crippen molar-refractivity contribution in [3.8, 4) is 5.88 Å². The Bertz CT molecular complexity index is 500. The molecule has 0 aromatic carbocycles. The molecule has 2 aromatic rings. The van der Waals surface area contributed by atoms with E-state index in [1.54, 1.807) is 18.3 Å². The molecule has 0 aliphatic rings. The normalized spacial score (nSPS) is 9.81. The first-order valence-electron chi connectivity index (χ1n) is 4.62. The van der Waals surface area contributed by atoms with E-state index in [0.29, 0.717) is 5.56 Å². The third-order valence-electron chi connectivity index (χ3n) is 2.00. The number of carbonyl (C=O) groups is 1. The van der Waals surface area contributed by atoms with Crippen molar-refractivity contribution in [2.75, 3.05) is 7.11 Å². The number of hydrogen-bond acceptors (Lipinski definition) is 5. The minimum atomic E-state index is -0.252. The van der Waals surface area contributed by atoms with Crippen molar-refractivity contribution >= 4 is 5.78 Å². The molecule has 5 nitrogen and oxygen atoms in total. The Morgan fingerprint density at radius 3 is 2.81 bits per heavy atom. The molecule has 0 saturated carbocycles. The fourth-order valence-corrected chi connectivity index (χ4v) is 1.28.